The molecule has 1 rings (SSSR count). The Hall–Kier alpha value is -1.26. The Labute approximate surface area is 122 Å². The van der Waals surface area contributed by atoms with E-state index < -0.39 is 0 Å². The van der Waals surface area contributed by atoms with Crippen LogP contribution in [0, 0.1) is 0 Å². The number of rotatable bonds is 8. The highest BCUT2D eigenvalue weighted by molar-refractivity contribution is 5.49. The van der Waals surface area contributed by atoms with Gasteiger partial charge in [0.1, 0.15) is 5.75 Å². The Morgan fingerprint density at radius 2 is 1.75 bits per heavy atom. The zero-order chi connectivity index (χ0) is 15.0. The second-order valence-corrected chi connectivity index (χ2v) is 5.79. The first-order valence-electron chi connectivity index (χ1n) is 7.19. The van der Waals surface area contributed by atoms with Crippen LogP contribution in [0.1, 0.15) is 27.2 Å². The normalized spacial score (nSPS) is 11.4. The standard InChI is InChI=1S/C16H28N2O2/c1-16(2,3)20-13-12-18(11-5-10-17)14-6-8-15(19-4)9-7-14/h6-9H,5,10-13,17H2,1-4H3. The van der Waals surface area contributed by atoms with Gasteiger partial charge in [0.25, 0.3) is 0 Å². The van der Waals surface area contributed by atoms with Crippen molar-refractivity contribution in [2.75, 3.05) is 38.3 Å². The fourth-order valence-electron chi connectivity index (χ4n) is 1.91. The Bertz CT molecular complexity index is 371. The minimum absolute atomic E-state index is 0.0978. The molecular weight excluding hydrogens is 252 g/mol. The molecule has 0 aliphatic heterocycles. The van der Waals surface area contributed by atoms with Crippen molar-refractivity contribution in [2.24, 2.45) is 5.73 Å². The van der Waals surface area contributed by atoms with E-state index in [1.54, 1.807) is 7.11 Å². The van der Waals surface area contributed by atoms with Crippen molar-refractivity contribution in [1.29, 1.82) is 0 Å². The number of methoxy groups -OCH3 is 1. The van der Waals surface area contributed by atoms with Gasteiger partial charge in [-0.2, -0.15) is 0 Å². The minimum Gasteiger partial charge on any atom is -0.497 e. The molecule has 0 radical (unpaired) electrons. The monoisotopic (exact) mass is 280 g/mol. The quantitative estimate of drug-likeness (QED) is 0.795. The summed E-state index contributed by atoms with van der Waals surface area (Å²) in [6, 6.07) is 8.11. The Morgan fingerprint density at radius 3 is 2.25 bits per heavy atom. The second-order valence-electron chi connectivity index (χ2n) is 5.79. The van der Waals surface area contributed by atoms with Crippen LogP contribution >= 0.6 is 0 Å². The van der Waals surface area contributed by atoms with E-state index in [2.05, 4.69) is 37.8 Å². The van der Waals surface area contributed by atoms with Gasteiger partial charge in [-0.15, -0.1) is 0 Å². The fourth-order valence-corrected chi connectivity index (χ4v) is 1.91. The van der Waals surface area contributed by atoms with E-state index in [9.17, 15) is 0 Å². The van der Waals surface area contributed by atoms with Crippen molar-refractivity contribution < 1.29 is 9.47 Å². The number of hydrogen-bond donors (Lipinski definition) is 1. The topological polar surface area (TPSA) is 47.7 Å². The van der Waals surface area contributed by atoms with Gasteiger partial charge in [-0.05, 0) is 58.0 Å². The summed E-state index contributed by atoms with van der Waals surface area (Å²) in [5, 5.41) is 0. The molecular formula is C16H28N2O2. The predicted molar refractivity (Wildman–Crippen MR) is 84.6 cm³/mol. The summed E-state index contributed by atoms with van der Waals surface area (Å²) in [7, 11) is 1.68. The molecule has 0 heterocycles. The van der Waals surface area contributed by atoms with E-state index in [-0.39, 0.29) is 5.60 Å². The smallest absolute Gasteiger partial charge is 0.119 e. The Kier molecular flexibility index (Phi) is 6.82. The van der Waals surface area contributed by atoms with Crippen LogP contribution < -0.4 is 15.4 Å². The summed E-state index contributed by atoms with van der Waals surface area (Å²) in [5.74, 6) is 0.874. The van der Waals surface area contributed by atoms with E-state index in [4.69, 9.17) is 15.2 Å². The highest BCUT2D eigenvalue weighted by Gasteiger charge is 2.12. The third-order valence-corrected chi connectivity index (χ3v) is 2.97. The lowest BCUT2D eigenvalue weighted by Gasteiger charge is -2.27. The number of hydrogen-bond acceptors (Lipinski definition) is 4. The van der Waals surface area contributed by atoms with Gasteiger partial charge in [-0.25, -0.2) is 0 Å². The van der Waals surface area contributed by atoms with Crippen LogP contribution in [0.25, 0.3) is 0 Å². The summed E-state index contributed by atoms with van der Waals surface area (Å²) < 4.78 is 11.0. The van der Waals surface area contributed by atoms with Gasteiger partial charge in [-0.3, -0.25) is 0 Å². The molecule has 4 heteroatoms. The molecule has 0 saturated heterocycles. The molecule has 0 aliphatic rings. The van der Waals surface area contributed by atoms with E-state index in [1.807, 2.05) is 12.1 Å². The maximum atomic E-state index is 5.81. The molecule has 114 valence electrons. The molecule has 1 aromatic carbocycles. The summed E-state index contributed by atoms with van der Waals surface area (Å²) in [5.41, 5.74) is 6.70. The molecule has 0 atom stereocenters. The van der Waals surface area contributed by atoms with E-state index >= 15 is 0 Å². The van der Waals surface area contributed by atoms with Crippen LogP contribution in [-0.2, 0) is 4.74 Å². The minimum atomic E-state index is -0.0978. The molecule has 0 aromatic heterocycles. The average molecular weight is 280 g/mol. The third kappa shape index (κ3) is 6.26. The van der Waals surface area contributed by atoms with Gasteiger partial charge in [0.05, 0.1) is 19.3 Å². The number of nitrogens with two attached hydrogens (primary N) is 1. The molecule has 4 nitrogen and oxygen atoms in total. The number of anilines is 1. The van der Waals surface area contributed by atoms with Crippen LogP contribution in [0.2, 0.25) is 0 Å². The molecule has 0 spiro atoms. The second kappa shape index (κ2) is 8.12. The van der Waals surface area contributed by atoms with Crippen LogP contribution in [0.5, 0.6) is 5.75 Å². The number of nitrogens with zero attached hydrogens (tertiary/aromatic N) is 1. The lowest BCUT2D eigenvalue weighted by Crippen LogP contribution is -2.32. The number of ether oxygens (including phenoxy) is 2. The molecule has 1 aromatic rings. The van der Waals surface area contributed by atoms with Gasteiger partial charge in [0, 0.05) is 18.8 Å². The van der Waals surface area contributed by atoms with Gasteiger partial charge < -0.3 is 20.1 Å². The van der Waals surface area contributed by atoms with Gasteiger partial charge in [0.2, 0.25) is 0 Å². The lowest BCUT2D eigenvalue weighted by atomic mass is 10.2. The number of benzene rings is 1. The van der Waals surface area contributed by atoms with Crippen molar-refractivity contribution >= 4 is 5.69 Å². The molecule has 20 heavy (non-hydrogen) atoms. The van der Waals surface area contributed by atoms with Crippen LogP contribution in [-0.4, -0.2) is 39.0 Å². The molecule has 0 unspecified atom stereocenters. The molecule has 2 N–H and O–H groups in total. The largest absolute Gasteiger partial charge is 0.497 e. The highest BCUT2D eigenvalue weighted by atomic mass is 16.5. The van der Waals surface area contributed by atoms with Crippen LogP contribution in [0.4, 0.5) is 5.69 Å². The Balaban J connectivity index is 2.62. The predicted octanol–water partition coefficient (Wildman–Crippen LogP) is 2.67. The first-order chi connectivity index (χ1) is 9.46. The van der Waals surface area contributed by atoms with E-state index in [0.29, 0.717) is 13.2 Å². The zero-order valence-corrected chi connectivity index (χ0v) is 13.2. The van der Waals surface area contributed by atoms with Gasteiger partial charge in [0.15, 0.2) is 0 Å². The highest BCUT2D eigenvalue weighted by Crippen LogP contribution is 2.19. The van der Waals surface area contributed by atoms with Crippen molar-refractivity contribution in [2.45, 2.75) is 32.8 Å². The zero-order valence-electron chi connectivity index (χ0n) is 13.2. The maximum Gasteiger partial charge on any atom is 0.119 e. The SMILES string of the molecule is COc1ccc(N(CCCN)CCOC(C)(C)C)cc1. The Morgan fingerprint density at radius 1 is 1.10 bits per heavy atom. The first-order valence-corrected chi connectivity index (χ1v) is 7.19. The molecule has 0 fully saturated rings. The summed E-state index contributed by atoms with van der Waals surface area (Å²) >= 11 is 0. The van der Waals surface area contributed by atoms with Gasteiger partial charge >= 0.3 is 0 Å². The van der Waals surface area contributed by atoms with Crippen molar-refractivity contribution in [3.8, 4) is 5.75 Å². The van der Waals surface area contributed by atoms with Crippen molar-refractivity contribution in [3.63, 3.8) is 0 Å². The molecule has 0 bridgehead atoms. The van der Waals surface area contributed by atoms with Crippen LogP contribution in [0.15, 0.2) is 24.3 Å². The van der Waals surface area contributed by atoms with Crippen molar-refractivity contribution in [1.82, 2.24) is 0 Å². The van der Waals surface area contributed by atoms with Gasteiger partial charge in [-0.1, -0.05) is 0 Å². The lowest BCUT2D eigenvalue weighted by molar-refractivity contribution is 0.00135. The third-order valence-electron chi connectivity index (χ3n) is 2.97. The maximum absolute atomic E-state index is 5.81. The fraction of sp³-hybridized carbons (Fsp3) is 0.625. The summed E-state index contributed by atoms with van der Waals surface area (Å²) in [6.45, 7) is 9.44. The average Bonchev–Trinajstić information content (AvgIpc) is 2.41. The van der Waals surface area contributed by atoms with E-state index in [1.165, 1.54) is 5.69 Å². The summed E-state index contributed by atoms with van der Waals surface area (Å²) in [4.78, 5) is 2.30. The first kappa shape index (κ1) is 16.8. The molecule has 0 aliphatic carbocycles. The van der Waals surface area contributed by atoms with E-state index in [0.717, 1.165) is 25.3 Å². The summed E-state index contributed by atoms with van der Waals surface area (Å²) in [6.07, 6.45) is 0.974. The molecule has 0 amide bonds. The molecule has 0 saturated carbocycles. The van der Waals surface area contributed by atoms with Crippen molar-refractivity contribution in [3.05, 3.63) is 24.3 Å². The van der Waals surface area contributed by atoms with Crippen LogP contribution in [0.3, 0.4) is 0 Å².